The maximum Gasteiger partial charge on any atom is 0.242 e. The first kappa shape index (κ1) is 20.4. The number of benzene rings is 2. The van der Waals surface area contributed by atoms with E-state index < -0.39 is 0 Å². The molecule has 3 aromatic rings. The Balaban J connectivity index is 1.31. The molecular weight excluding hydrogens is 382 g/mol. The zero-order chi connectivity index (χ0) is 21.1. The second kappa shape index (κ2) is 8.85. The average molecular weight is 409 g/mol. The Morgan fingerprint density at radius 2 is 1.77 bits per heavy atom. The number of hydrogen-bond donors (Lipinski definition) is 2. The van der Waals surface area contributed by atoms with Crippen molar-refractivity contribution in [2.75, 3.05) is 19.6 Å². The number of nitrogens with zero attached hydrogens (tertiary/aromatic N) is 1. The maximum absolute atomic E-state index is 12.4. The summed E-state index contributed by atoms with van der Waals surface area (Å²) in [4.78, 5) is 26.7. The first-order valence-corrected chi connectivity index (χ1v) is 10.3. The minimum absolute atomic E-state index is 0.125. The Morgan fingerprint density at radius 1 is 1.03 bits per heavy atom. The maximum atomic E-state index is 12.4. The van der Waals surface area contributed by atoms with Crippen LogP contribution in [0.15, 0.2) is 47.1 Å². The lowest BCUT2D eigenvalue weighted by Gasteiger charge is -2.35. The van der Waals surface area contributed by atoms with Crippen LogP contribution in [0.5, 0.6) is 0 Å². The van der Waals surface area contributed by atoms with Gasteiger partial charge in [0.15, 0.2) is 0 Å². The lowest BCUT2D eigenvalue weighted by molar-refractivity contribution is -0.129. The molecule has 158 valence electrons. The summed E-state index contributed by atoms with van der Waals surface area (Å²) in [5.41, 5.74) is 6.57. The van der Waals surface area contributed by atoms with Gasteiger partial charge in [0.1, 0.15) is 5.58 Å². The van der Waals surface area contributed by atoms with Crippen molar-refractivity contribution in [3.8, 4) is 0 Å². The number of carbonyl (C=O) groups is 2. The quantitative estimate of drug-likeness (QED) is 0.633. The van der Waals surface area contributed by atoms with Crippen LogP contribution in [-0.4, -0.2) is 48.6 Å². The summed E-state index contributed by atoms with van der Waals surface area (Å²) in [6, 6.07) is 11.9. The number of nitrogens with one attached hydrogen (secondary N) is 2. The molecule has 4 rings (SSSR count). The largest absolute Gasteiger partial charge is 0.464 e. The van der Waals surface area contributed by atoms with Gasteiger partial charge in [0.05, 0.1) is 24.9 Å². The van der Waals surface area contributed by atoms with Crippen molar-refractivity contribution in [1.29, 1.82) is 0 Å². The SMILES string of the molecule is C[C@H]1CN(CCC(=O)NNC(=O)Cc2coc3ccc4ccccc4c23)C[C@H](C)O1. The van der Waals surface area contributed by atoms with Crippen molar-refractivity contribution < 1.29 is 18.7 Å². The van der Waals surface area contributed by atoms with Gasteiger partial charge in [-0.05, 0) is 30.7 Å². The van der Waals surface area contributed by atoms with Gasteiger partial charge < -0.3 is 9.15 Å². The van der Waals surface area contributed by atoms with Crippen molar-refractivity contribution in [3.05, 3.63) is 48.2 Å². The molecule has 30 heavy (non-hydrogen) atoms. The molecule has 2 heterocycles. The van der Waals surface area contributed by atoms with Gasteiger partial charge in [0, 0.05) is 37.0 Å². The molecule has 1 aliphatic rings. The Kier molecular flexibility index (Phi) is 6.01. The second-order valence-electron chi connectivity index (χ2n) is 7.96. The lowest BCUT2D eigenvalue weighted by Crippen LogP contribution is -2.47. The second-order valence-corrected chi connectivity index (χ2v) is 7.96. The number of amides is 2. The van der Waals surface area contributed by atoms with E-state index >= 15 is 0 Å². The number of rotatable bonds is 5. The lowest BCUT2D eigenvalue weighted by atomic mass is 10.0. The molecule has 7 nitrogen and oxygen atoms in total. The highest BCUT2D eigenvalue weighted by Gasteiger charge is 2.22. The number of carbonyl (C=O) groups excluding carboxylic acids is 2. The van der Waals surface area contributed by atoms with E-state index in [4.69, 9.17) is 9.15 Å². The van der Waals surface area contributed by atoms with E-state index in [1.54, 1.807) is 6.26 Å². The molecule has 0 spiro atoms. The van der Waals surface area contributed by atoms with Crippen molar-refractivity contribution in [2.45, 2.75) is 38.9 Å². The number of furan rings is 1. The molecular formula is C23H27N3O4. The van der Waals surface area contributed by atoms with E-state index in [1.165, 1.54) is 0 Å². The fourth-order valence-electron chi connectivity index (χ4n) is 4.15. The number of fused-ring (bicyclic) bond motifs is 3. The Hall–Kier alpha value is -2.90. The van der Waals surface area contributed by atoms with Gasteiger partial charge in [0.2, 0.25) is 11.8 Å². The van der Waals surface area contributed by atoms with Crippen LogP contribution in [0.25, 0.3) is 21.7 Å². The molecule has 1 aromatic heterocycles. The van der Waals surface area contributed by atoms with Crippen LogP contribution >= 0.6 is 0 Å². The summed E-state index contributed by atoms with van der Waals surface area (Å²) < 4.78 is 11.3. The summed E-state index contributed by atoms with van der Waals surface area (Å²) in [7, 11) is 0. The molecule has 2 N–H and O–H groups in total. The normalized spacial score (nSPS) is 19.8. The van der Waals surface area contributed by atoms with E-state index in [1.807, 2.05) is 50.2 Å². The third-order valence-corrected chi connectivity index (χ3v) is 5.38. The van der Waals surface area contributed by atoms with E-state index in [9.17, 15) is 9.59 Å². The number of morpholine rings is 1. The van der Waals surface area contributed by atoms with Gasteiger partial charge in [-0.2, -0.15) is 0 Å². The van der Waals surface area contributed by atoms with Crippen LogP contribution in [-0.2, 0) is 20.7 Å². The molecule has 0 saturated carbocycles. The molecule has 7 heteroatoms. The standard InChI is InChI=1S/C23H27N3O4/c1-15-12-26(13-16(2)30-15)10-9-21(27)24-25-22(28)11-18-14-29-20-8-7-17-5-3-4-6-19(17)23(18)20/h3-8,14-16H,9-13H2,1-2H3,(H,24,27)(H,25,28)/t15-,16-/m0/s1. The molecule has 2 aromatic carbocycles. The smallest absolute Gasteiger partial charge is 0.242 e. The van der Waals surface area contributed by atoms with Crippen molar-refractivity contribution in [2.24, 2.45) is 0 Å². The summed E-state index contributed by atoms with van der Waals surface area (Å²) in [5, 5.41) is 3.07. The number of ether oxygens (including phenoxy) is 1. The predicted molar refractivity (Wildman–Crippen MR) is 115 cm³/mol. The third kappa shape index (κ3) is 4.63. The summed E-state index contributed by atoms with van der Waals surface area (Å²) in [6.45, 7) is 6.33. The number of hydrazine groups is 1. The highest BCUT2D eigenvalue weighted by molar-refractivity contribution is 6.08. The van der Waals surface area contributed by atoms with Crippen LogP contribution < -0.4 is 10.9 Å². The van der Waals surface area contributed by atoms with Crippen LogP contribution in [0, 0.1) is 0 Å². The van der Waals surface area contributed by atoms with Crippen LogP contribution in [0.1, 0.15) is 25.8 Å². The average Bonchev–Trinajstić information content (AvgIpc) is 3.13. The van der Waals surface area contributed by atoms with Gasteiger partial charge in [-0.25, -0.2) is 0 Å². The number of hydrogen-bond acceptors (Lipinski definition) is 5. The van der Waals surface area contributed by atoms with Gasteiger partial charge in [-0.3, -0.25) is 25.3 Å². The fraction of sp³-hybridized carbons (Fsp3) is 0.391. The van der Waals surface area contributed by atoms with E-state index in [0.717, 1.165) is 40.4 Å². The minimum Gasteiger partial charge on any atom is -0.464 e. The van der Waals surface area contributed by atoms with E-state index in [0.29, 0.717) is 13.0 Å². The highest BCUT2D eigenvalue weighted by Crippen LogP contribution is 2.30. The van der Waals surface area contributed by atoms with Gasteiger partial charge in [0.25, 0.3) is 0 Å². The summed E-state index contributed by atoms with van der Waals surface area (Å²) >= 11 is 0. The fourth-order valence-corrected chi connectivity index (χ4v) is 4.15. The molecule has 0 bridgehead atoms. The van der Waals surface area contributed by atoms with Gasteiger partial charge in [-0.1, -0.05) is 30.3 Å². The first-order valence-electron chi connectivity index (χ1n) is 10.3. The topological polar surface area (TPSA) is 83.8 Å². The predicted octanol–water partition coefficient (Wildman–Crippen LogP) is 2.78. The molecule has 2 atom stereocenters. The molecule has 1 aliphatic heterocycles. The van der Waals surface area contributed by atoms with E-state index in [-0.39, 0.29) is 30.4 Å². The monoisotopic (exact) mass is 409 g/mol. The van der Waals surface area contributed by atoms with Crippen molar-refractivity contribution in [1.82, 2.24) is 15.8 Å². The zero-order valence-corrected chi connectivity index (χ0v) is 17.3. The van der Waals surface area contributed by atoms with Gasteiger partial charge in [-0.15, -0.1) is 0 Å². The van der Waals surface area contributed by atoms with E-state index in [2.05, 4.69) is 15.8 Å². The Morgan fingerprint density at radius 3 is 2.57 bits per heavy atom. The third-order valence-electron chi connectivity index (χ3n) is 5.38. The summed E-state index contributed by atoms with van der Waals surface area (Å²) in [6.07, 6.45) is 2.38. The Bertz CT molecular complexity index is 1050. The van der Waals surface area contributed by atoms with Crippen LogP contribution in [0.2, 0.25) is 0 Å². The zero-order valence-electron chi connectivity index (χ0n) is 17.3. The van der Waals surface area contributed by atoms with Crippen molar-refractivity contribution in [3.63, 3.8) is 0 Å². The summed E-state index contributed by atoms with van der Waals surface area (Å²) in [5.74, 6) is -0.495. The molecule has 1 saturated heterocycles. The molecule has 1 fully saturated rings. The van der Waals surface area contributed by atoms with Gasteiger partial charge >= 0.3 is 0 Å². The van der Waals surface area contributed by atoms with Crippen LogP contribution in [0.4, 0.5) is 0 Å². The molecule has 2 amide bonds. The van der Waals surface area contributed by atoms with Crippen LogP contribution in [0.3, 0.4) is 0 Å². The molecule has 0 aliphatic carbocycles. The Labute approximate surface area is 175 Å². The molecule has 0 radical (unpaired) electrons. The van der Waals surface area contributed by atoms with Crippen molar-refractivity contribution >= 4 is 33.6 Å². The first-order chi connectivity index (χ1) is 14.5. The highest BCUT2D eigenvalue weighted by atomic mass is 16.5. The minimum atomic E-state index is -0.285. The molecule has 0 unspecified atom stereocenters.